The van der Waals surface area contributed by atoms with Gasteiger partial charge >= 0.3 is 0 Å². The second-order valence-electron chi connectivity index (χ2n) is 4.98. The molecule has 0 aromatic carbocycles. The fourth-order valence-corrected chi connectivity index (χ4v) is 3.77. The van der Waals surface area contributed by atoms with Crippen molar-refractivity contribution in [3.8, 4) is 0 Å². The predicted molar refractivity (Wildman–Crippen MR) is 68.0 cm³/mol. The molecule has 2 aliphatic heterocycles. The Labute approximate surface area is 106 Å². The van der Waals surface area contributed by atoms with Gasteiger partial charge in [-0.15, -0.1) is 0 Å². The van der Waals surface area contributed by atoms with Crippen LogP contribution in [0.5, 0.6) is 0 Å². The zero-order valence-corrected chi connectivity index (χ0v) is 10.8. The lowest BCUT2D eigenvalue weighted by atomic mass is 10.0. The molecule has 17 heavy (non-hydrogen) atoms. The first kappa shape index (κ1) is 11.5. The molecule has 2 aliphatic rings. The second kappa shape index (κ2) is 5.40. The van der Waals surface area contributed by atoms with E-state index in [9.17, 15) is 0 Å². The van der Waals surface area contributed by atoms with Gasteiger partial charge in [-0.3, -0.25) is 0 Å². The first-order valence-corrected chi connectivity index (χ1v) is 7.71. The van der Waals surface area contributed by atoms with E-state index in [1.54, 1.807) is 0 Å². The van der Waals surface area contributed by atoms with Gasteiger partial charge in [-0.2, -0.15) is 16.7 Å². The van der Waals surface area contributed by atoms with E-state index < -0.39 is 0 Å². The minimum absolute atomic E-state index is 0.327. The van der Waals surface area contributed by atoms with Gasteiger partial charge in [0.05, 0.1) is 6.04 Å². The van der Waals surface area contributed by atoms with E-state index in [0.29, 0.717) is 6.04 Å². The Bertz CT molecular complexity index is 356. The molecular weight excluding hydrogens is 234 g/mol. The summed E-state index contributed by atoms with van der Waals surface area (Å²) < 4.78 is 5.37. The number of nitrogens with zero attached hydrogens (tertiary/aromatic N) is 2. The van der Waals surface area contributed by atoms with Crippen LogP contribution in [-0.4, -0.2) is 28.2 Å². The molecule has 1 aromatic heterocycles. The summed E-state index contributed by atoms with van der Waals surface area (Å²) in [7, 11) is 0. The van der Waals surface area contributed by atoms with Gasteiger partial charge < -0.3 is 9.84 Å². The van der Waals surface area contributed by atoms with E-state index in [0.717, 1.165) is 37.0 Å². The fraction of sp³-hybridized carbons (Fsp3) is 0.833. The zero-order valence-electron chi connectivity index (χ0n) is 10.0. The van der Waals surface area contributed by atoms with Crippen LogP contribution in [0.15, 0.2) is 4.52 Å². The van der Waals surface area contributed by atoms with Crippen LogP contribution in [0.3, 0.4) is 0 Å². The SMILES string of the molecule is C1CSCC(Cc2nc(C3CCCN3)no2)C1. The normalized spacial score (nSPS) is 29.6. The van der Waals surface area contributed by atoms with Crippen LogP contribution in [-0.2, 0) is 6.42 Å². The number of thioether (sulfide) groups is 1. The van der Waals surface area contributed by atoms with Crippen LogP contribution in [0.1, 0.15) is 43.4 Å². The van der Waals surface area contributed by atoms with Crippen molar-refractivity contribution in [2.45, 2.75) is 38.1 Å². The maximum atomic E-state index is 5.37. The Morgan fingerprint density at radius 1 is 1.35 bits per heavy atom. The highest BCUT2D eigenvalue weighted by Gasteiger charge is 2.23. The second-order valence-corrected chi connectivity index (χ2v) is 6.13. The summed E-state index contributed by atoms with van der Waals surface area (Å²) in [4.78, 5) is 4.54. The van der Waals surface area contributed by atoms with E-state index in [-0.39, 0.29) is 0 Å². The van der Waals surface area contributed by atoms with Gasteiger partial charge in [0.25, 0.3) is 0 Å². The Balaban J connectivity index is 1.59. The summed E-state index contributed by atoms with van der Waals surface area (Å²) in [5, 5.41) is 7.51. The molecule has 0 radical (unpaired) electrons. The lowest BCUT2D eigenvalue weighted by molar-refractivity contribution is 0.345. The molecule has 2 saturated heterocycles. The van der Waals surface area contributed by atoms with Crippen LogP contribution in [0.2, 0.25) is 0 Å². The van der Waals surface area contributed by atoms with Gasteiger partial charge in [0.15, 0.2) is 5.82 Å². The third kappa shape index (κ3) is 2.83. The van der Waals surface area contributed by atoms with Crippen molar-refractivity contribution in [3.05, 3.63) is 11.7 Å². The third-order valence-electron chi connectivity index (χ3n) is 3.57. The van der Waals surface area contributed by atoms with Crippen LogP contribution >= 0.6 is 11.8 Å². The predicted octanol–water partition coefficient (Wildman–Crippen LogP) is 2.18. The molecular formula is C12H19N3OS. The Morgan fingerprint density at radius 3 is 3.12 bits per heavy atom. The molecule has 0 aliphatic carbocycles. The molecule has 3 rings (SSSR count). The van der Waals surface area contributed by atoms with Gasteiger partial charge in [0, 0.05) is 6.42 Å². The first-order valence-electron chi connectivity index (χ1n) is 6.55. The van der Waals surface area contributed by atoms with Crippen molar-refractivity contribution in [1.82, 2.24) is 15.5 Å². The molecule has 1 aromatic rings. The molecule has 1 N–H and O–H groups in total. The highest BCUT2D eigenvalue weighted by Crippen LogP contribution is 2.26. The summed E-state index contributed by atoms with van der Waals surface area (Å²) in [6.45, 7) is 1.08. The minimum Gasteiger partial charge on any atom is -0.339 e. The highest BCUT2D eigenvalue weighted by molar-refractivity contribution is 7.99. The molecule has 3 heterocycles. The molecule has 94 valence electrons. The number of hydrogen-bond acceptors (Lipinski definition) is 5. The Hall–Kier alpha value is -0.550. The molecule has 0 bridgehead atoms. The molecule has 0 amide bonds. The molecule has 2 atom stereocenters. The molecule has 5 heteroatoms. The van der Waals surface area contributed by atoms with Crippen molar-refractivity contribution >= 4 is 11.8 Å². The van der Waals surface area contributed by atoms with E-state index in [1.165, 1.54) is 30.8 Å². The average Bonchev–Trinajstić information content (AvgIpc) is 3.00. The maximum absolute atomic E-state index is 5.37. The molecule has 0 saturated carbocycles. The van der Waals surface area contributed by atoms with Crippen molar-refractivity contribution in [2.75, 3.05) is 18.1 Å². The number of aromatic nitrogens is 2. The highest BCUT2D eigenvalue weighted by atomic mass is 32.2. The molecule has 0 spiro atoms. The van der Waals surface area contributed by atoms with E-state index in [1.807, 2.05) is 0 Å². The summed E-state index contributed by atoms with van der Waals surface area (Å²) in [5.74, 6) is 5.00. The Morgan fingerprint density at radius 2 is 2.35 bits per heavy atom. The van der Waals surface area contributed by atoms with Gasteiger partial charge in [-0.05, 0) is 49.7 Å². The van der Waals surface area contributed by atoms with Crippen LogP contribution in [0, 0.1) is 5.92 Å². The zero-order chi connectivity index (χ0) is 11.5. The molecule has 2 fully saturated rings. The summed E-state index contributed by atoms with van der Waals surface area (Å²) in [6.07, 6.45) is 5.96. The smallest absolute Gasteiger partial charge is 0.227 e. The monoisotopic (exact) mass is 253 g/mol. The van der Waals surface area contributed by atoms with E-state index >= 15 is 0 Å². The minimum atomic E-state index is 0.327. The number of hydrogen-bond donors (Lipinski definition) is 1. The lowest BCUT2D eigenvalue weighted by Crippen LogP contribution is -2.15. The van der Waals surface area contributed by atoms with E-state index in [2.05, 4.69) is 27.2 Å². The van der Waals surface area contributed by atoms with Gasteiger partial charge in [-0.1, -0.05) is 5.16 Å². The van der Waals surface area contributed by atoms with Crippen LogP contribution in [0.25, 0.3) is 0 Å². The van der Waals surface area contributed by atoms with Gasteiger partial charge in [-0.25, -0.2) is 0 Å². The number of rotatable bonds is 3. The average molecular weight is 253 g/mol. The van der Waals surface area contributed by atoms with E-state index in [4.69, 9.17) is 4.52 Å². The largest absolute Gasteiger partial charge is 0.339 e. The van der Waals surface area contributed by atoms with Crippen molar-refractivity contribution in [2.24, 2.45) is 5.92 Å². The first-order chi connectivity index (χ1) is 8.42. The summed E-state index contributed by atoms with van der Waals surface area (Å²) >= 11 is 2.05. The third-order valence-corrected chi connectivity index (χ3v) is 4.86. The summed E-state index contributed by atoms with van der Waals surface area (Å²) in [5.41, 5.74) is 0. The van der Waals surface area contributed by atoms with Crippen molar-refractivity contribution in [1.29, 1.82) is 0 Å². The molecule has 2 unspecified atom stereocenters. The van der Waals surface area contributed by atoms with Gasteiger partial charge in [0.2, 0.25) is 5.89 Å². The topological polar surface area (TPSA) is 51.0 Å². The quantitative estimate of drug-likeness (QED) is 0.894. The van der Waals surface area contributed by atoms with Crippen molar-refractivity contribution < 1.29 is 4.52 Å². The van der Waals surface area contributed by atoms with Crippen molar-refractivity contribution in [3.63, 3.8) is 0 Å². The standard InChI is InChI=1S/C12H19N3OS/c1-4-10(13-5-1)12-14-11(16-15-12)7-9-3-2-6-17-8-9/h9-10,13H,1-8H2. The Kier molecular flexibility index (Phi) is 3.66. The molecule has 4 nitrogen and oxygen atoms in total. The summed E-state index contributed by atoms with van der Waals surface area (Å²) in [6, 6.07) is 0.327. The van der Waals surface area contributed by atoms with Gasteiger partial charge in [0.1, 0.15) is 0 Å². The van der Waals surface area contributed by atoms with Crippen LogP contribution in [0.4, 0.5) is 0 Å². The van der Waals surface area contributed by atoms with Crippen LogP contribution < -0.4 is 5.32 Å². The maximum Gasteiger partial charge on any atom is 0.227 e. The lowest BCUT2D eigenvalue weighted by Gasteiger charge is -2.19. The fourth-order valence-electron chi connectivity index (χ4n) is 2.61. The number of nitrogens with one attached hydrogen (secondary N) is 1.